The number of carbonyl (C=O) groups is 2. The predicted octanol–water partition coefficient (Wildman–Crippen LogP) is -0.156. The number of carbonyl (C=O) groups excluding carboxylic acids is 1. The molecule has 23 atom stereocenters. The maximum Gasteiger partial charge on any atom is 0.315 e. The van der Waals surface area contributed by atoms with Crippen LogP contribution in [-0.2, 0) is 38.0 Å². The van der Waals surface area contributed by atoms with Crippen LogP contribution in [0.15, 0.2) is 11.6 Å². The molecule has 19 heteroatoms. The summed E-state index contributed by atoms with van der Waals surface area (Å²) in [5.41, 5.74) is -2.66. The van der Waals surface area contributed by atoms with E-state index in [4.69, 9.17) is 28.4 Å². The van der Waals surface area contributed by atoms with Gasteiger partial charge in [0, 0.05) is 0 Å². The van der Waals surface area contributed by atoms with Gasteiger partial charge in [0.05, 0.1) is 36.8 Å². The molecule has 11 N–H and O–H groups in total. The number of carboxylic acid groups (broad SMARTS) is 1. The van der Waals surface area contributed by atoms with Crippen molar-refractivity contribution in [2.24, 2.45) is 50.2 Å². The summed E-state index contributed by atoms with van der Waals surface area (Å²) in [4.78, 5) is 27.6. The van der Waals surface area contributed by atoms with Crippen LogP contribution in [-0.4, -0.2) is 180 Å². The van der Waals surface area contributed by atoms with Gasteiger partial charge in [0.15, 0.2) is 12.6 Å². The molecule has 8 rings (SSSR count). The highest BCUT2D eigenvalue weighted by Crippen LogP contribution is 2.76. The fraction of sp³-hybridized carbons (Fsp3) is 0.915. The number of ether oxygens (including phenoxy) is 6. The molecular weight excluding hydrogens is 868 g/mol. The van der Waals surface area contributed by atoms with E-state index < -0.39 is 145 Å². The molecule has 0 spiro atoms. The number of fused-ring (bicyclic) bond motifs is 7. The van der Waals surface area contributed by atoms with Crippen molar-refractivity contribution in [3.05, 3.63) is 11.6 Å². The van der Waals surface area contributed by atoms with Crippen LogP contribution < -0.4 is 0 Å². The molecule has 66 heavy (non-hydrogen) atoms. The quantitative estimate of drug-likeness (QED) is 0.0813. The molecule has 0 amide bonds. The Morgan fingerprint density at radius 1 is 0.682 bits per heavy atom. The summed E-state index contributed by atoms with van der Waals surface area (Å²) in [7, 11) is 0. The summed E-state index contributed by atoms with van der Waals surface area (Å²) in [5.74, 6) is -1.83. The van der Waals surface area contributed by atoms with E-state index in [0.29, 0.717) is 25.7 Å². The van der Waals surface area contributed by atoms with E-state index in [-0.39, 0.29) is 48.5 Å². The molecule has 7 fully saturated rings. The number of carboxylic acids is 1. The predicted molar refractivity (Wildman–Crippen MR) is 226 cm³/mol. The lowest BCUT2D eigenvalue weighted by Crippen LogP contribution is -2.66. The second-order valence-electron chi connectivity index (χ2n) is 22.7. The highest BCUT2D eigenvalue weighted by molar-refractivity contribution is 5.81. The molecule has 0 aromatic heterocycles. The Morgan fingerprint density at radius 2 is 1.29 bits per heavy atom. The second kappa shape index (κ2) is 17.7. The van der Waals surface area contributed by atoms with Crippen LogP contribution >= 0.6 is 0 Å². The first-order valence-electron chi connectivity index (χ1n) is 23.9. The zero-order valence-corrected chi connectivity index (χ0v) is 38.8. The third-order valence-corrected chi connectivity index (χ3v) is 19.2. The number of hydrogen-bond acceptors (Lipinski definition) is 18. The van der Waals surface area contributed by atoms with E-state index in [2.05, 4.69) is 40.7 Å². The molecule has 3 saturated heterocycles. The summed E-state index contributed by atoms with van der Waals surface area (Å²) >= 11 is 0. The van der Waals surface area contributed by atoms with Crippen LogP contribution in [0.3, 0.4) is 0 Å². The van der Waals surface area contributed by atoms with Gasteiger partial charge in [0.1, 0.15) is 67.1 Å². The molecule has 3 heterocycles. The lowest BCUT2D eigenvalue weighted by atomic mass is 9.33. The molecule has 4 saturated carbocycles. The number of rotatable bonds is 9. The van der Waals surface area contributed by atoms with Crippen LogP contribution in [0.5, 0.6) is 0 Å². The minimum absolute atomic E-state index is 0.130. The number of aliphatic hydroxyl groups is 10. The van der Waals surface area contributed by atoms with Crippen molar-refractivity contribution in [3.8, 4) is 0 Å². The first kappa shape index (κ1) is 50.5. The van der Waals surface area contributed by atoms with Crippen LogP contribution in [0.2, 0.25) is 0 Å². The number of esters is 1. The fourth-order valence-corrected chi connectivity index (χ4v) is 14.8. The van der Waals surface area contributed by atoms with Crippen molar-refractivity contribution < 1.29 is 94.2 Å². The summed E-state index contributed by atoms with van der Waals surface area (Å²) in [6.07, 6.45) is -14.4. The van der Waals surface area contributed by atoms with E-state index >= 15 is 0 Å². The topological polar surface area (TPSA) is 312 Å². The highest BCUT2D eigenvalue weighted by Gasteiger charge is 2.70. The highest BCUT2D eigenvalue weighted by atomic mass is 16.8. The number of aliphatic carboxylic acids is 1. The third kappa shape index (κ3) is 7.64. The molecule has 0 radical (unpaired) electrons. The lowest BCUT2D eigenvalue weighted by molar-refractivity contribution is -0.367. The van der Waals surface area contributed by atoms with Gasteiger partial charge >= 0.3 is 11.9 Å². The van der Waals surface area contributed by atoms with E-state index in [9.17, 15) is 65.8 Å². The van der Waals surface area contributed by atoms with Crippen LogP contribution in [0.25, 0.3) is 0 Å². The Labute approximate surface area is 385 Å². The summed E-state index contributed by atoms with van der Waals surface area (Å²) in [5, 5.41) is 115. The molecule has 19 nitrogen and oxygen atoms in total. The van der Waals surface area contributed by atoms with Gasteiger partial charge in [-0.05, 0) is 111 Å². The largest absolute Gasteiger partial charge is 0.481 e. The number of hydrogen-bond donors (Lipinski definition) is 11. The Kier molecular flexibility index (Phi) is 13.6. The van der Waals surface area contributed by atoms with Crippen LogP contribution in [0, 0.1) is 50.2 Å². The molecular formula is C47H74O19. The average Bonchev–Trinajstić information content (AvgIpc) is 3.27. The fourth-order valence-electron chi connectivity index (χ4n) is 14.8. The van der Waals surface area contributed by atoms with Gasteiger partial charge in [-0.3, -0.25) is 9.59 Å². The Hall–Kier alpha value is -1.92. The minimum atomic E-state index is -1.78. The van der Waals surface area contributed by atoms with Crippen molar-refractivity contribution in [1.82, 2.24) is 0 Å². The van der Waals surface area contributed by atoms with Gasteiger partial charge in [-0.2, -0.15) is 0 Å². The van der Waals surface area contributed by atoms with Gasteiger partial charge in [0.25, 0.3) is 0 Å². The van der Waals surface area contributed by atoms with E-state index in [0.717, 1.165) is 24.8 Å². The molecule has 0 aromatic rings. The van der Waals surface area contributed by atoms with E-state index in [1.807, 2.05) is 0 Å². The maximum atomic E-state index is 14.7. The Bertz CT molecular complexity index is 1840. The van der Waals surface area contributed by atoms with Gasteiger partial charge in [-0.15, -0.1) is 0 Å². The number of allylic oxidation sites excluding steroid dienone is 2. The molecule has 376 valence electrons. The first-order valence-corrected chi connectivity index (χ1v) is 23.9. The minimum Gasteiger partial charge on any atom is -0.481 e. The smallest absolute Gasteiger partial charge is 0.315 e. The van der Waals surface area contributed by atoms with Crippen LogP contribution in [0.4, 0.5) is 0 Å². The third-order valence-electron chi connectivity index (χ3n) is 19.2. The molecule has 0 aromatic carbocycles. The van der Waals surface area contributed by atoms with E-state index in [1.165, 1.54) is 0 Å². The lowest BCUT2D eigenvalue weighted by Gasteiger charge is -2.71. The molecule has 8 aliphatic rings. The first-order chi connectivity index (χ1) is 30.8. The second-order valence-corrected chi connectivity index (χ2v) is 22.7. The average molecular weight is 943 g/mol. The molecule has 5 aliphatic carbocycles. The van der Waals surface area contributed by atoms with Crippen molar-refractivity contribution in [1.29, 1.82) is 0 Å². The number of aliphatic hydroxyl groups excluding tert-OH is 10. The van der Waals surface area contributed by atoms with Crippen molar-refractivity contribution in [2.75, 3.05) is 19.8 Å². The Morgan fingerprint density at radius 3 is 1.91 bits per heavy atom. The zero-order valence-electron chi connectivity index (χ0n) is 38.8. The van der Waals surface area contributed by atoms with Crippen molar-refractivity contribution >= 4 is 11.9 Å². The van der Waals surface area contributed by atoms with Gasteiger partial charge in [-0.25, -0.2) is 0 Å². The maximum absolute atomic E-state index is 14.7. The SMILES string of the molecule is CC1(C)[C@@H](O[C@@H]2OC[C@@H](O)[C@H](O)[C@@H]2O[C@@H]2O[C@H](CO)[C@H](O)[C@@H](O)[C@@H]2O)CC[C@]2(C)[C@H]3CC=C4[C@@H]5C[C@@](C)(C(=O)O)CC[C@]5(C(=O)O[C@H]5O[C@@H](CO)[C@H](O)[C@@H](O)[C@@H]5O)CC[C@@]4(C)[C@]3(C)CC[C@@H]12. The van der Waals surface area contributed by atoms with Gasteiger partial charge in [-0.1, -0.05) is 46.3 Å². The van der Waals surface area contributed by atoms with Gasteiger partial charge in [0.2, 0.25) is 6.29 Å². The summed E-state index contributed by atoms with van der Waals surface area (Å²) in [6, 6.07) is 0. The normalized spacial score (nSPS) is 53.5. The standard InChI is InChI=1S/C47H74O19/c1-42(2)26-9-12-46(6)27(44(26,4)11-10-28(42)64-39-36(29(51)23(50)20-61-39)65-37-34(56)32(54)30(52)24(18-48)62-37)8-7-21-22-17-43(3,40(58)59)13-15-47(22,16-14-45(21,46)5)41(60)66-38-35(57)33(55)31(53)25(19-49)63-38/h7,22-39,48-57H,8-20H2,1-6H3,(H,58,59)/t22-,23+,24+,25-,26-,27+,28-,29-,30-,31-,32+,33+,34-,35-,36-,37-,38+,39-,43-,44-,45+,46+,47-/m0/s1. The molecule has 0 bridgehead atoms. The Balaban J connectivity index is 1.05. The van der Waals surface area contributed by atoms with Crippen LogP contribution in [0.1, 0.15) is 106 Å². The van der Waals surface area contributed by atoms with Crippen molar-refractivity contribution in [2.45, 2.75) is 198 Å². The van der Waals surface area contributed by atoms with Crippen molar-refractivity contribution in [3.63, 3.8) is 0 Å². The zero-order chi connectivity index (χ0) is 48.3. The van der Waals surface area contributed by atoms with Gasteiger partial charge < -0.3 is 84.6 Å². The monoisotopic (exact) mass is 942 g/mol. The molecule has 0 unspecified atom stereocenters. The molecule has 3 aliphatic heterocycles. The summed E-state index contributed by atoms with van der Waals surface area (Å²) < 4.78 is 35.8. The van der Waals surface area contributed by atoms with E-state index in [1.54, 1.807) is 6.92 Å². The summed E-state index contributed by atoms with van der Waals surface area (Å²) in [6.45, 7) is 11.4.